The van der Waals surface area contributed by atoms with Crippen molar-refractivity contribution in [2.24, 2.45) is 7.05 Å². The highest BCUT2D eigenvalue weighted by molar-refractivity contribution is 7.89. The molecule has 0 saturated heterocycles. The van der Waals surface area contributed by atoms with Gasteiger partial charge < -0.3 is 4.57 Å². The topological polar surface area (TPSA) is 89.8 Å². The van der Waals surface area contributed by atoms with Crippen molar-refractivity contribution in [1.29, 1.82) is 0 Å². The number of halogens is 1. The third-order valence-electron chi connectivity index (χ3n) is 2.46. The molecule has 0 aromatic carbocycles. The Hall–Kier alpha value is -1.51. The van der Waals surface area contributed by atoms with Gasteiger partial charge in [-0.2, -0.15) is 0 Å². The van der Waals surface area contributed by atoms with E-state index in [1.165, 1.54) is 18.3 Å². The molecule has 0 amide bonds. The summed E-state index contributed by atoms with van der Waals surface area (Å²) in [7, 11) is -1.87. The van der Waals surface area contributed by atoms with Crippen molar-refractivity contribution in [2.45, 2.75) is 11.3 Å². The Morgan fingerprint density at radius 3 is 2.89 bits per heavy atom. The zero-order valence-electron chi connectivity index (χ0n) is 10.1. The van der Waals surface area contributed by atoms with Gasteiger partial charge in [-0.15, -0.1) is 10.2 Å². The predicted octanol–water partition coefficient (Wildman–Crippen LogP) is 0.384. The van der Waals surface area contributed by atoms with Gasteiger partial charge in [0.25, 0.3) is 0 Å². The van der Waals surface area contributed by atoms with Crippen molar-refractivity contribution >= 4 is 21.6 Å². The Bertz CT molecular complexity index is 670. The lowest BCUT2D eigenvalue weighted by atomic mass is 10.4. The monoisotopic (exact) mass is 301 g/mol. The van der Waals surface area contributed by atoms with E-state index in [1.54, 1.807) is 17.9 Å². The van der Waals surface area contributed by atoms with Crippen LogP contribution in [0.1, 0.15) is 5.82 Å². The summed E-state index contributed by atoms with van der Waals surface area (Å²) in [5.74, 6) is 0.694. The second-order valence-electron chi connectivity index (χ2n) is 3.80. The van der Waals surface area contributed by atoms with Crippen molar-refractivity contribution < 1.29 is 8.42 Å². The molecule has 1 N–H and O–H groups in total. The molecule has 2 rings (SSSR count). The molecule has 0 bridgehead atoms. The molecule has 2 aromatic rings. The van der Waals surface area contributed by atoms with E-state index in [0.717, 1.165) is 0 Å². The van der Waals surface area contributed by atoms with Gasteiger partial charge in [-0.05, 0) is 12.1 Å². The number of hydrogen-bond donors (Lipinski definition) is 1. The lowest BCUT2D eigenvalue weighted by molar-refractivity contribution is 0.579. The van der Waals surface area contributed by atoms with E-state index in [0.29, 0.717) is 12.2 Å². The van der Waals surface area contributed by atoms with E-state index >= 15 is 0 Å². The quantitative estimate of drug-likeness (QED) is 0.807. The van der Waals surface area contributed by atoms with Crippen LogP contribution < -0.4 is 4.72 Å². The molecule has 0 atom stereocenters. The van der Waals surface area contributed by atoms with Crippen LogP contribution in [-0.4, -0.2) is 34.7 Å². The molecule has 2 heterocycles. The summed E-state index contributed by atoms with van der Waals surface area (Å²) in [5.41, 5.74) is 0. The van der Waals surface area contributed by atoms with Gasteiger partial charge >= 0.3 is 0 Å². The second kappa shape index (κ2) is 5.64. The number of rotatable bonds is 5. The number of hydrogen-bond acceptors (Lipinski definition) is 5. The van der Waals surface area contributed by atoms with E-state index in [4.69, 9.17) is 11.6 Å². The Labute approximate surface area is 115 Å². The molecule has 0 fully saturated rings. The number of nitrogens with zero attached hydrogens (tertiary/aromatic N) is 4. The third kappa shape index (κ3) is 3.28. The summed E-state index contributed by atoms with van der Waals surface area (Å²) in [4.78, 5) is 3.70. The summed E-state index contributed by atoms with van der Waals surface area (Å²) >= 11 is 5.76. The van der Waals surface area contributed by atoms with Gasteiger partial charge in [0.15, 0.2) is 0 Å². The largest absolute Gasteiger partial charge is 0.321 e. The fourth-order valence-corrected chi connectivity index (χ4v) is 2.96. The zero-order valence-corrected chi connectivity index (χ0v) is 11.7. The first-order chi connectivity index (χ1) is 9.00. The molecule has 102 valence electrons. The maximum absolute atomic E-state index is 12.0. The van der Waals surface area contributed by atoms with Gasteiger partial charge in [0.1, 0.15) is 22.2 Å². The van der Waals surface area contributed by atoms with Crippen LogP contribution in [0.15, 0.2) is 29.6 Å². The smallest absolute Gasteiger partial charge is 0.243 e. The average molecular weight is 302 g/mol. The van der Waals surface area contributed by atoms with Crippen molar-refractivity contribution in [3.8, 4) is 0 Å². The van der Waals surface area contributed by atoms with Crippen molar-refractivity contribution in [1.82, 2.24) is 24.5 Å². The first-order valence-corrected chi connectivity index (χ1v) is 7.30. The normalized spacial score (nSPS) is 11.7. The van der Waals surface area contributed by atoms with Crippen LogP contribution in [0.5, 0.6) is 0 Å². The van der Waals surface area contributed by atoms with Crippen LogP contribution in [0.25, 0.3) is 0 Å². The Morgan fingerprint density at radius 2 is 2.26 bits per heavy atom. The van der Waals surface area contributed by atoms with Crippen LogP contribution in [0.2, 0.25) is 5.15 Å². The van der Waals surface area contributed by atoms with E-state index in [9.17, 15) is 8.42 Å². The minimum absolute atomic E-state index is 0.0327. The van der Waals surface area contributed by atoms with Crippen LogP contribution in [0.3, 0.4) is 0 Å². The molecular formula is C10H12ClN5O2S. The van der Waals surface area contributed by atoms with Crippen LogP contribution in [0.4, 0.5) is 0 Å². The molecular weight excluding hydrogens is 290 g/mol. The molecule has 0 aliphatic carbocycles. The van der Waals surface area contributed by atoms with Crippen LogP contribution >= 0.6 is 11.6 Å². The number of aromatic nitrogens is 4. The first-order valence-electron chi connectivity index (χ1n) is 5.44. The predicted molar refractivity (Wildman–Crippen MR) is 69.1 cm³/mol. The molecule has 9 heteroatoms. The number of aryl methyl sites for hydroxylation is 1. The molecule has 0 aliphatic heterocycles. The van der Waals surface area contributed by atoms with E-state index in [1.807, 2.05) is 0 Å². The van der Waals surface area contributed by atoms with Crippen LogP contribution in [0, 0.1) is 0 Å². The fourth-order valence-electron chi connectivity index (χ4n) is 1.48. The summed E-state index contributed by atoms with van der Waals surface area (Å²) in [5, 5.41) is 7.53. The fraction of sp³-hybridized carbons (Fsp3) is 0.300. The van der Waals surface area contributed by atoms with Gasteiger partial charge in [-0.1, -0.05) is 11.6 Å². The molecule has 7 nitrogen and oxygen atoms in total. The minimum Gasteiger partial charge on any atom is -0.321 e. The van der Waals surface area contributed by atoms with Crippen molar-refractivity contribution in [3.63, 3.8) is 0 Å². The molecule has 0 spiro atoms. The van der Waals surface area contributed by atoms with E-state index < -0.39 is 10.0 Å². The number of pyridine rings is 1. The maximum Gasteiger partial charge on any atom is 0.243 e. The van der Waals surface area contributed by atoms with E-state index in [2.05, 4.69) is 19.9 Å². The average Bonchev–Trinajstić information content (AvgIpc) is 2.75. The van der Waals surface area contributed by atoms with Gasteiger partial charge in [-0.3, -0.25) is 0 Å². The highest BCUT2D eigenvalue weighted by Gasteiger charge is 2.17. The minimum atomic E-state index is -3.66. The summed E-state index contributed by atoms with van der Waals surface area (Å²) in [6.07, 6.45) is 3.43. The lowest BCUT2D eigenvalue weighted by Crippen LogP contribution is -2.27. The molecule has 0 unspecified atom stereocenters. The highest BCUT2D eigenvalue weighted by Crippen LogP contribution is 2.17. The molecule has 0 saturated carbocycles. The van der Waals surface area contributed by atoms with Gasteiger partial charge in [0, 0.05) is 26.2 Å². The standard InChI is InChI=1S/C10H12ClN5O2S/c1-16-7-13-15-9(16)4-6-14-19(17,18)8-3-2-5-12-10(8)11/h2-3,5,7,14H,4,6H2,1H3. The van der Waals surface area contributed by atoms with Gasteiger partial charge in [0.05, 0.1) is 0 Å². The molecule has 19 heavy (non-hydrogen) atoms. The third-order valence-corrected chi connectivity index (χ3v) is 4.37. The summed E-state index contributed by atoms with van der Waals surface area (Å²) < 4.78 is 28.2. The molecule has 0 radical (unpaired) electrons. The SMILES string of the molecule is Cn1cnnc1CCNS(=O)(=O)c1cccnc1Cl. The number of nitrogens with one attached hydrogen (secondary N) is 1. The van der Waals surface area contributed by atoms with Crippen molar-refractivity contribution in [2.75, 3.05) is 6.54 Å². The van der Waals surface area contributed by atoms with Crippen LogP contribution in [-0.2, 0) is 23.5 Å². The van der Waals surface area contributed by atoms with Crippen molar-refractivity contribution in [3.05, 3.63) is 35.6 Å². The molecule has 2 aromatic heterocycles. The summed E-state index contributed by atoms with van der Waals surface area (Å²) in [6.45, 7) is 0.208. The maximum atomic E-state index is 12.0. The number of sulfonamides is 1. The van der Waals surface area contributed by atoms with Gasteiger partial charge in [-0.25, -0.2) is 18.1 Å². The highest BCUT2D eigenvalue weighted by atomic mass is 35.5. The second-order valence-corrected chi connectivity index (χ2v) is 5.89. The molecule has 0 aliphatic rings. The Kier molecular flexibility index (Phi) is 4.13. The van der Waals surface area contributed by atoms with E-state index in [-0.39, 0.29) is 16.6 Å². The van der Waals surface area contributed by atoms with Gasteiger partial charge in [0.2, 0.25) is 10.0 Å². The lowest BCUT2D eigenvalue weighted by Gasteiger charge is -2.07. The Balaban J connectivity index is 2.03. The first kappa shape index (κ1) is 13.9. The summed E-state index contributed by atoms with van der Waals surface area (Å²) in [6, 6.07) is 2.92. The zero-order chi connectivity index (χ0) is 13.9. The Morgan fingerprint density at radius 1 is 1.47 bits per heavy atom.